The average molecular weight is 618 g/mol. The third-order valence-corrected chi connectivity index (χ3v) is 8.30. The number of fused-ring (bicyclic) bond motifs is 1. The number of piperazine rings is 1. The van der Waals surface area contributed by atoms with Crippen molar-refractivity contribution in [1.82, 2.24) is 24.4 Å². The molecule has 5 rings (SSSR count). The first-order valence-corrected chi connectivity index (χ1v) is 13.9. The molecule has 4 heterocycles. The monoisotopic (exact) mass is 617 g/mol. The fraction of sp³-hybridized carbons (Fsp3) is 0.310. The van der Waals surface area contributed by atoms with Gasteiger partial charge >= 0.3 is 12.1 Å². The molecule has 2 N–H and O–H groups in total. The number of carboxylic acids is 1. The number of rotatable bonds is 7. The van der Waals surface area contributed by atoms with Crippen LogP contribution in [0.2, 0.25) is 0 Å². The molecule has 1 atom stereocenters. The zero-order chi connectivity index (χ0) is 31.5. The summed E-state index contributed by atoms with van der Waals surface area (Å²) in [6.45, 7) is 8.31. The van der Waals surface area contributed by atoms with Crippen molar-refractivity contribution in [3.8, 4) is 17.0 Å². The predicted molar refractivity (Wildman–Crippen MR) is 155 cm³/mol. The summed E-state index contributed by atoms with van der Waals surface area (Å²) in [7, 11) is 1.48. The highest BCUT2D eigenvalue weighted by Gasteiger charge is 2.39. The van der Waals surface area contributed by atoms with Crippen molar-refractivity contribution in [3.63, 3.8) is 0 Å². The quantitative estimate of drug-likeness (QED) is 0.284. The molecule has 1 aliphatic rings. The number of benzene rings is 1. The average Bonchev–Trinajstić information content (AvgIpc) is 3.66. The number of aromatic nitrogens is 3. The number of aliphatic hydroxyl groups excluding tert-OH is 1. The molecule has 0 bridgehead atoms. The van der Waals surface area contributed by atoms with Crippen molar-refractivity contribution >= 4 is 28.9 Å². The topological polar surface area (TPSA) is 120 Å². The second-order valence-corrected chi connectivity index (χ2v) is 10.6. The van der Waals surface area contributed by atoms with Gasteiger partial charge < -0.3 is 19.8 Å². The summed E-state index contributed by atoms with van der Waals surface area (Å²) in [5, 5.41) is 23.1. The molecule has 228 valence electrons. The molecule has 3 aromatic heterocycles. The molecule has 1 aliphatic heterocycles. The number of methoxy groups -OCH3 is 1. The molecule has 43 heavy (non-hydrogen) atoms. The smallest absolute Gasteiger partial charge is 0.433 e. The number of amides is 1. The van der Waals surface area contributed by atoms with E-state index in [2.05, 4.69) is 23.2 Å². The van der Waals surface area contributed by atoms with Crippen molar-refractivity contribution in [1.29, 1.82) is 0 Å². The maximum absolute atomic E-state index is 14.2. The summed E-state index contributed by atoms with van der Waals surface area (Å²) >= 11 is 1.08. The molecule has 1 fully saturated rings. The van der Waals surface area contributed by atoms with E-state index < -0.39 is 29.8 Å². The van der Waals surface area contributed by atoms with Gasteiger partial charge in [0, 0.05) is 42.2 Å². The van der Waals surface area contributed by atoms with Crippen LogP contribution in [0.15, 0.2) is 55.8 Å². The van der Waals surface area contributed by atoms with Gasteiger partial charge in [-0.15, -0.1) is 24.5 Å². The molecule has 4 aromatic rings. The van der Waals surface area contributed by atoms with Crippen LogP contribution in [0.4, 0.5) is 13.2 Å². The number of carbonyl (C=O) groups is 2. The Morgan fingerprint density at radius 3 is 2.28 bits per heavy atom. The van der Waals surface area contributed by atoms with Gasteiger partial charge in [0.1, 0.15) is 16.2 Å². The number of hydrogen-bond donors (Lipinski definition) is 2. The SMILES string of the molecule is C=C.COc1ccc(-c2nc3c(C(=O)N4CCN([C@H](CO)c5ccc(C(=O)O)s5)CC4)cnn3c(C(F)(F)F)c2C)cc1. The molecule has 10 nitrogen and oxygen atoms in total. The lowest BCUT2D eigenvalue weighted by Crippen LogP contribution is -2.50. The lowest BCUT2D eigenvalue weighted by Gasteiger charge is -2.38. The number of ether oxygens (including phenoxy) is 1. The largest absolute Gasteiger partial charge is 0.497 e. The number of carbonyl (C=O) groups excluding carboxylic acids is 1. The van der Waals surface area contributed by atoms with Gasteiger partial charge in [0.25, 0.3) is 5.91 Å². The maximum Gasteiger partial charge on any atom is 0.433 e. The van der Waals surface area contributed by atoms with E-state index in [9.17, 15) is 33.0 Å². The summed E-state index contributed by atoms with van der Waals surface area (Å²) in [6.07, 6.45) is -3.65. The van der Waals surface area contributed by atoms with E-state index in [-0.39, 0.29) is 47.0 Å². The van der Waals surface area contributed by atoms with E-state index in [0.717, 1.165) is 17.5 Å². The first kappa shape index (κ1) is 31.7. The third-order valence-electron chi connectivity index (χ3n) is 7.13. The Hall–Kier alpha value is -4.27. The van der Waals surface area contributed by atoms with Gasteiger partial charge in [-0.3, -0.25) is 9.69 Å². The number of halogens is 3. The number of thiophene rings is 1. The highest BCUT2D eigenvalue weighted by molar-refractivity contribution is 7.14. The van der Waals surface area contributed by atoms with Crippen LogP contribution in [0.5, 0.6) is 5.75 Å². The molecule has 0 unspecified atom stereocenters. The number of carboxylic acid groups (broad SMARTS) is 1. The first-order valence-electron chi connectivity index (χ1n) is 13.1. The predicted octanol–water partition coefficient (Wildman–Crippen LogP) is 4.79. The van der Waals surface area contributed by atoms with Crippen LogP contribution in [0, 0.1) is 6.92 Å². The van der Waals surface area contributed by atoms with Gasteiger partial charge in [0.05, 0.1) is 31.6 Å². The lowest BCUT2D eigenvalue weighted by atomic mass is 10.0. The number of aliphatic hydroxyl groups is 1. The molecule has 14 heteroatoms. The molecule has 0 radical (unpaired) electrons. The minimum Gasteiger partial charge on any atom is -0.497 e. The Bertz CT molecular complexity index is 1610. The van der Waals surface area contributed by atoms with Crippen LogP contribution in [-0.2, 0) is 6.18 Å². The van der Waals surface area contributed by atoms with E-state index in [0.29, 0.717) is 33.8 Å². The van der Waals surface area contributed by atoms with Crippen LogP contribution in [-0.4, -0.2) is 86.4 Å². The highest BCUT2D eigenvalue weighted by atomic mass is 32.1. The van der Waals surface area contributed by atoms with E-state index in [1.54, 1.807) is 30.3 Å². The second-order valence-electron chi connectivity index (χ2n) is 9.49. The summed E-state index contributed by atoms with van der Waals surface area (Å²) in [4.78, 5) is 33.6. The van der Waals surface area contributed by atoms with Gasteiger partial charge in [-0.05, 0) is 43.3 Å². The first-order chi connectivity index (χ1) is 20.5. The van der Waals surface area contributed by atoms with Gasteiger partial charge in [0.2, 0.25) is 0 Å². The minimum absolute atomic E-state index is 0.0539. The third kappa shape index (κ3) is 6.26. The summed E-state index contributed by atoms with van der Waals surface area (Å²) in [6, 6.07) is 9.16. The Morgan fingerprint density at radius 2 is 1.74 bits per heavy atom. The fourth-order valence-electron chi connectivity index (χ4n) is 5.03. The van der Waals surface area contributed by atoms with Crippen LogP contribution < -0.4 is 4.74 Å². The number of aromatic carboxylic acids is 1. The zero-order valence-corrected chi connectivity index (χ0v) is 24.3. The van der Waals surface area contributed by atoms with Crippen LogP contribution in [0.1, 0.15) is 42.2 Å². The van der Waals surface area contributed by atoms with E-state index >= 15 is 0 Å². The highest BCUT2D eigenvalue weighted by Crippen LogP contribution is 2.37. The fourth-order valence-corrected chi connectivity index (χ4v) is 6.00. The van der Waals surface area contributed by atoms with Gasteiger partial charge in [0.15, 0.2) is 11.3 Å². The summed E-state index contributed by atoms with van der Waals surface area (Å²) < 4.78 is 48.5. The molecule has 1 amide bonds. The number of alkyl halides is 3. The molecule has 0 spiro atoms. The Labute approximate surface area is 249 Å². The molecule has 1 saturated heterocycles. The van der Waals surface area contributed by atoms with Crippen molar-refractivity contribution < 1.29 is 37.7 Å². The van der Waals surface area contributed by atoms with Gasteiger partial charge in [-0.1, -0.05) is 0 Å². The molecular formula is C29H30F3N5O5S. The van der Waals surface area contributed by atoms with Crippen molar-refractivity contribution in [2.75, 3.05) is 39.9 Å². The van der Waals surface area contributed by atoms with Gasteiger partial charge in [-0.25, -0.2) is 14.3 Å². The maximum atomic E-state index is 14.2. The van der Waals surface area contributed by atoms with E-state index in [1.807, 2.05) is 4.90 Å². The van der Waals surface area contributed by atoms with Crippen LogP contribution >= 0.6 is 11.3 Å². The molecule has 1 aromatic carbocycles. The number of nitrogens with zero attached hydrogens (tertiary/aromatic N) is 5. The summed E-state index contributed by atoms with van der Waals surface area (Å²) in [5.74, 6) is -1.02. The van der Waals surface area contributed by atoms with E-state index in [1.165, 1.54) is 25.0 Å². The molecule has 0 saturated carbocycles. The normalized spacial score (nSPS) is 14.7. The van der Waals surface area contributed by atoms with Crippen molar-refractivity contribution in [2.24, 2.45) is 0 Å². The summed E-state index contributed by atoms with van der Waals surface area (Å²) in [5.41, 5.74) is -0.885. The van der Waals surface area contributed by atoms with E-state index in [4.69, 9.17) is 4.74 Å². The van der Waals surface area contributed by atoms with Crippen LogP contribution in [0.3, 0.4) is 0 Å². The molecule has 0 aliphatic carbocycles. The zero-order valence-electron chi connectivity index (χ0n) is 23.5. The van der Waals surface area contributed by atoms with Gasteiger partial charge in [-0.2, -0.15) is 18.3 Å². The standard InChI is InChI=1S/C27H26F3N5O5S.C2H4/c1-15-22(16-3-5-17(40-2)6-4-16)32-24-18(13-31-35(24)23(15)27(28,29)30)25(37)34-11-9-33(10-12-34)19(14-36)20-7-8-21(41-20)26(38)39;1-2/h3-8,13,19,36H,9-12,14H2,1-2H3,(H,38,39);1-2H2/t19-;/m1./s1. The minimum atomic E-state index is -4.76. The van der Waals surface area contributed by atoms with Crippen molar-refractivity contribution in [2.45, 2.75) is 19.1 Å². The Kier molecular flexibility index (Phi) is 9.52. The van der Waals surface area contributed by atoms with Crippen LogP contribution in [0.25, 0.3) is 16.9 Å². The Balaban J connectivity index is 0.00000207. The lowest BCUT2D eigenvalue weighted by molar-refractivity contribution is -0.143. The molecular weight excluding hydrogens is 587 g/mol. The second kappa shape index (κ2) is 12.9. The van der Waals surface area contributed by atoms with Crippen molar-refractivity contribution in [3.05, 3.63) is 82.3 Å². The number of hydrogen-bond acceptors (Lipinski definition) is 8. The Morgan fingerprint density at radius 1 is 1.09 bits per heavy atom.